The molecule has 6 unspecified atom stereocenters. The molecule has 2 fully saturated rings. The highest BCUT2D eigenvalue weighted by molar-refractivity contribution is 5.73. The molecule has 2 rings (SSSR count). The molecular weight excluding hydrogens is 536 g/mol. The maximum absolute atomic E-state index is 12.1. The summed E-state index contributed by atoms with van der Waals surface area (Å²) in [5, 5.41) is 80.1. The number of aliphatic hydroxyl groups excluding tert-OH is 7. The first-order chi connectivity index (χ1) is 18.5. The smallest absolute Gasteiger partial charge is 0.335 e. The summed E-state index contributed by atoms with van der Waals surface area (Å²) in [5.41, 5.74) is 0. The summed E-state index contributed by atoms with van der Waals surface area (Å²) in [4.78, 5) is 12.1. The predicted octanol–water partition coefficient (Wildman–Crippen LogP) is -5.23. The van der Waals surface area contributed by atoms with Crippen molar-refractivity contribution in [1.29, 1.82) is 0 Å². The largest absolute Gasteiger partial charge is 0.479 e. The molecule has 0 aromatic heterocycles. The van der Waals surface area contributed by atoms with Crippen molar-refractivity contribution in [2.45, 2.75) is 85.8 Å². The van der Waals surface area contributed by atoms with Crippen LogP contribution in [-0.2, 0) is 42.7 Å². The molecule has 39 heavy (non-hydrogen) atoms. The van der Waals surface area contributed by atoms with Crippen molar-refractivity contribution in [3.8, 4) is 0 Å². The second kappa shape index (κ2) is 15.8. The first-order valence-corrected chi connectivity index (χ1v) is 12.0. The molecule has 2 aliphatic rings. The minimum Gasteiger partial charge on any atom is -0.479 e. The van der Waals surface area contributed by atoms with Gasteiger partial charge in [-0.05, 0) is 0 Å². The molecule has 0 spiro atoms. The van der Waals surface area contributed by atoms with E-state index < -0.39 is 112 Å². The van der Waals surface area contributed by atoms with Crippen LogP contribution in [0.15, 0.2) is 0 Å². The van der Waals surface area contributed by atoms with Crippen molar-refractivity contribution in [3.63, 3.8) is 0 Å². The van der Waals surface area contributed by atoms with Crippen molar-refractivity contribution in [2.75, 3.05) is 48.3 Å². The van der Waals surface area contributed by atoms with Gasteiger partial charge in [-0.2, -0.15) is 0 Å². The van der Waals surface area contributed by atoms with Gasteiger partial charge in [0.15, 0.2) is 18.7 Å². The molecule has 17 heteroatoms. The molecule has 14 atom stereocenters. The molecule has 0 amide bonds. The lowest BCUT2D eigenvalue weighted by Gasteiger charge is -2.47. The van der Waals surface area contributed by atoms with Crippen molar-refractivity contribution >= 4 is 5.97 Å². The van der Waals surface area contributed by atoms with Crippen LogP contribution < -0.4 is 0 Å². The molecule has 0 aromatic rings. The molecule has 0 radical (unpaired) electrons. The Morgan fingerprint density at radius 1 is 0.821 bits per heavy atom. The summed E-state index contributed by atoms with van der Waals surface area (Å²) >= 11 is 0. The average molecular weight is 577 g/mol. The van der Waals surface area contributed by atoms with Crippen LogP contribution in [0.1, 0.15) is 0 Å². The number of methoxy groups -OCH3 is 4. The van der Waals surface area contributed by atoms with Crippen molar-refractivity contribution < 1.29 is 83.5 Å². The summed E-state index contributed by atoms with van der Waals surface area (Å²) in [6.07, 6.45) is -20.6. The summed E-state index contributed by atoms with van der Waals surface area (Å²) in [6.45, 7) is -2.09. The summed E-state index contributed by atoms with van der Waals surface area (Å²) in [7, 11) is 4.83. The van der Waals surface area contributed by atoms with Gasteiger partial charge in [0.1, 0.15) is 67.1 Å². The Bertz CT molecular complexity index is 727. The maximum atomic E-state index is 12.1. The van der Waals surface area contributed by atoms with Crippen LogP contribution in [0.25, 0.3) is 0 Å². The highest BCUT2D eigenvalue weighted by atomic mass is 16.8. The van der Waals surface area contributed by atoms with Crippen molar-refractivity contribution in [2.24, 2.45) is 0 Å². The molecule has 2 aliphatic heterocycles. The number of hydrogen-bond donors (Lipinski definition) is 8. The van der Waals surface area contributed by atoms with Gasteiger partial charge in [-0.15, -0.1) is 0 Å². The van der Waals surface area contributed by atoms with E-state index in [0.29, 0.717) is 0 Å². The first kappa shape index (κ1) is 34.1. The summed E-state index contributed by atoms with van der Waals surface area (Å²) in [6, 6.07) is 0. The average Bonchev–Trinajstić information content (AvgIpc) is 2.93. The zero-order valence-corrected chi connectivity index (χ0v) is 22.0. The number of carboxylic acid groups (broad SMARTS) is 1. The van der Waals surface area contributed by atoms with Gasteiger partial charge in [0, 0.05) is 28.4 Å². The van der Waals surface area contributed by atoms with Gasteiger partial charge in [-0.3, -0.25) is 0 Å². The zero-order chi connectivity index (χ0) is 29.4. The summed E-state index contributed by atoms with van der Waals surface area (Å²) < 4.78 is 43.1. The Morgan fingerprint density at radius 3 is 1.95 bits per heavy atom. The van der Waals surface area contributed by atoms with Gasteiger partial charge in [0.2, 0.25) is 0 Å². The van der Waals surface area contributed by atoms with Crippen molar-refractivity contribution in [1.82, 2.24) is 0 Å². The van der Waals surface area contributed by atoms with Gasteiger partial charge >= 0.3 is 5.97 Å². The number of carboxylic acids is 1. The molecule has 17 nitrogen and oxygen atoms in total. The SMILES string of the molecule is COC1C(OC)[C@H](OCC(O)C(O)[C@H](OC)[C@@H](O)CO)[C@H](C(=O)O)O[C@H]1O[C@@H]1C(CO)O[C@H](OC)[C@@H](O)C1O. The normalized spacial score (nSPS) is 38.6. The Hall–Kier alpha value is -1.13. The molecule has 0 bridgehead atoms. The van der Waals surface area contributed by atoms with Crippen LogP contribution in [0.3, 0.4) is 0 Å². The van der Waals surface area contributed by atoms with E-state index in [-0.39, 0.29) is 0 Å². The van der Waals surface area contributed by atoms with Crippen LogP contribution in [0.5, 0.6) is 0 Å². The topological polar surface area (TPSA) is 253 Å². The van der Waals surface area contributed by atoms with E-state index in [1.165, 1.54) is 21.3 Å². The van der Waals surface area contributed by atoms with E-state index in [2.05, 4.69) is 0 Å². The zero-order valence-electron chi connectivity index (χ0n) is 22.0. The second-order valence-corrected chi connectivity index (χ2v) is 9.01. The Morgan fingerprint density at radius 2 is 1.46 bits per heavy atom. The lowest BCUT2D eigenvalue weighted by Crippen LogP contribution is -2.66. The van der Waals surface area contributed by atoms with Crippen LogP contribution in [-0.4, -0.2) is 181 Å². The van der Waals surface area contributed by atoms with E-state index >= 15 is 0 Å². The molecule has 2 heterocycles. The quantitative estimate of drug-likeness (QED) is 0.0906. The number of ether oxygens (including phenoxy) is 8. The Labute approximate surface area is 224 Å². The Balaban J connectivity index is 2.23. The van der Waals surface area contributed by atoms with E-state index in [9.17, 15) is 40.5 Å². The van der Waals surface area contributed by atoms with Gasteiger partial charge in [0.25, 0.3) is 0 Å². The lowest BCUT2D eigenvalue weighted by atomic mass is 9.96. The molecule has 2 saturated heterocycles. The Kier molecular flexibility index (Phi) is 13.8. The van der Waals surface area contributed by atoms with Crippen LogP contribution in [0.4, 0.5) is 0 Å². The fraction of sp³-hybridized carbons (Fsp3) is 0.955. The minimum atomic E-state index is -1.79. The molecule has 0 aromatic carbocycles. The molecule has 0 saturated carbocycles. The fourth-order valence-corrected chi connectivity index (χ4v) is 4.54. The lowest BCUT2D eigenvalue weighted by molar-refractivity contribution is -0.359. The van der Waals surface area contributed by atoms with E-state index in [4.69, 9.17) is 43.0 Å². The van der Waals surface area contributed by atoms with Gasteiger partial charge in [-0.25, -0.2) is 4.79 Å². The van der Waals surface area contributed by atoms with Gasteiger partial charge in [-0.1, -0.05) is 0 Å². The van der Waals surface area contributed by atoms with Crippen LogP contribution in [0, 0.1) is 0 Å². The summed E-state index contributed by atoms with van der Waals surface area (Å²) in [5.74, 6) is -1.52. The van der Waals surface area contributed by atoms with Crippen LogP contribution in [0.2, 0.25) is 0 Å². The third-order valence-electron chi connectivity index (χ3n) is 6.66. The molecule has 8 N–H and O–H groups in total. The third-order valence-corrected chi connectivity index (χ3v) is 6.66. The second-order valence-electron chi connectivity index (χ2n) is 9.01. The first-order valence-electron chi connectivity index (χ1n) is 12.0. The monoisotopic (exact) mass is 576 g/mol. The number of carbonyl (C=O) groups is 1. The molecule has 230 valence electrons. The van der Waals surface area contributed by atoms with E-state index in [1.807, 2.05) is 0 Å². The highest BCUT2D eigenvalue weighted by Crippen LogP contribution is 2.32. The predicted molar refractivity (Wildman–Crippen MR) is 123 cm³/mol. The molecule has 0 aliphatic carbocycles. The van der Waals surface area contributed by atoms with Gasteiger partial charge < -0.3 is 78.7 Å². The highest BCUT2D eigenvalue weighted by Gasteiger charge is 2.54. The maximum Gasteiger partial charge on any atom is 0.335 e. The number of aliphatic carboxylic acids is 1. The fourth-order valence-electron chi connectivity index (χ4n) is 4.54. The number of hydrogen-bond acceptors (Lipinski definition) is 16. The minimum absolute atomic E-state index is 0.659. The number of aliphatic hydroxyl groups is 7. The van der Waals surface area contributed by atoms with E-state index in [1.54, 1.807) is 0 Å². The molecular formula is C22H40O17. The van der Waals surface area contributed by atoms with Crippen LogP contribution >= 0.6 is 0 Å². The standard InChI is InChI=1S/C22H40O17/c1-32-14(8(25)5-23)11(27)9(26)7-36-17-16(33-2)19(34-3)22(39-18(17)20(30)31)38-15-10(6-24)37-21(35-4)13(29)12(15)28/h8-19,21-29H,5-7H2,1-4H3,(H,30,31)/t8-,9?,10?,11?,12?,13-,14+,15+,16?,17-,18+,19?,21-,22+/m0/s1. The van der Waals surface area contributed by atoms with Gasteiger partial charge in [0.05, 0.1) is 19.8 Å². The van der Waals surface area contributed by atoms with E-state index in [0.717, 1.165) is 7.11 Å². The van der Waals surface area contributed by atoms with Crippen molar-refractivity contribution in [3.05, 3.63) is 0 Å². The third kappa shape index (κ3) is 7.79. The number of rotatable bonds is 15.